The molecule has 1 aromatic heterocycles. The molecule has 2 N–H and O–H groups in total. The molecule has 1 unspecified atom stereocenters. The van der Waals surface area contributed by atoms with Crippen LogP contribution in [0.5, 0.6) is 0 Å². The molecular formula is C11H16N2O4. The number of amides is 2. The molecule has 0 saturated heterocycles. The molecule has 0 aromatic carbocycles. The minimum absolute atomic E-state index is 0.315. The number of hydrogen-bond donors (Lipinski definition) is 2. The average Bonchev–Trinajstić information content (AvgIpc) is 2.78. The standard InChI is InChI=1S/C11H16N2O4/c1-3-9(10(14)15)13(2)11(16)12-6-8-4-5-17-7-8/h4-5,7,9H,3,6H2,1-2H3,(H,12,16)(H,14,15). The van der Waals surface area contributed by atoms with Crippen LogP contribution in [0, 0.1) is 0 Å². The molecule has 1 heterocycles. The maximum absolute atomic E-state index is 11.7. The van der Waals surface area contributed by atoms with E-state index in [9.17, 15) is 9.59 Å². The van der Waals surface area contributed by atoms with Crippen molar-refractivity contribution in [2.75, 3.05) is 7.05 Å². The molecule has 0 aliphatic rings. The fraction of sp³-hybridized carbons (Fsp3) is 0.455. The summed E-state index contributed by atoms with van der Waals surface area (Å²) in [5.74, 6) is -1.01. The van der Waals surface area contributed by atoms with Gasteiger partial charge >= 0.3 is 12.0 Å². The minimum atomic E-state index is -1.01. The molecule has 0 saturated carbocycles. The van der Waals surface area contributed by atoms with Crippen LogP contribution in [0.4, 0.5) is 4.79 Å². The fourth-order valence-corrected chi connectivity index (χ4v) is 1.45. The molecule has 17 heavy (non-hydrogen) atoms. The normalized spacial score (nSPS) is 11.9. The number of urea groups is 1. The maximum atomic E-state index is 11.7. The van der Waals surface area contributed by atoms with Gasteiger partial charge < -0.3 is 19.7 Å². The molecule has 0 aliphatic carbocycles. The number of hydrogen-bond acceptors (Lipinski definition) is 3. The van der Waals surface area contributed by atoms with E-state index >= 15 is 0 Å². The fourth-order valence-electron chi connectivity index (χ4n) is 1.45. The van der Waals surface area contributed by atoms with Crippen LogP contribution in [0.2, 0.25) is 0 Å². The summed E-state index contributed by atoms with van der Waals surface area (Å²) in [6, 6.07) is 0.509. The molecule has 6 nitrogen and oxygen atoms in total. The van der Waals surface area contributed by atoms with Crippen LogP contribution >= 0.6 is 0 Å². The number of nitrogens with zero attached hydrogens (tertiary/aromatic N) is 1. The third-order valence-corrected chi connectivity index (χ3v) is 2.48. The van der Waals surface area contributed by atoms with Gasteiger partial charge in [0.1, 0.15) is 6.04 Å². The molecule has 1 atom stereocenters. The van der Waals surface area contributed by atoms with Crippen LogP contribution in [-0.4, -0.2) is 35.1 Å². The zero-order valence-electron chi connectivity index (χ0n) is 9.84. The Morgan fingerprint density at radius 1 is 1.59 bits per heavy atom. The van der Waals surface area contributed by atoms with E-state index in [0.29, 0.717) is 13.0 Å². The summed E-state index contributed by atoms with van der Waals surface area (Å²) in [5, 5.41) is 11.5. The lowest BCUT2D eigenvalue weighted by Gasteiger charge is -2.23. The Kier molecular flexibility index (Phi) is 4.56. The Labute approximate surface area is 99.2 Å². The van der Waals surface area contributed by atoms with Gasteiger partial charge in [-0.25, -0.2) is 9.59 Å². The number of furan rings is 1. The lowest BCUT2D eigenvalue weighted by molar-refractivity contribution is -0.141. The highest BCUT2D eigenvalue weighted by atomic mass is 16.4. The summed E-state index contributed by atoms with van der Waals surface area (Å²) in [6.07, 6.45) is 3.40. The molecule has 0 aliphatic heterocycles. The van der Waals surface area contributed by atoms with Gasteiger partial charge in [0, 0.05) is 19.2 Å². The van der Waals surface area contributed by atoms with E-state index in [1.54, 1.807) is 13.0 Å². The van der Waals surface area contributed by atoms with Gasteiger partial charge in [-0.3, -0.25) is 0 Å². The molecule has 6 heteroatoms. The Bertz CT molecular complexity index is 375. The molecule has 94 valence electrons. The van der Waals surface area contributed by atoms with Gasteiger partial charge in [0.15, 0.2) is 0 Å². The van der Waals surface area contributed by atoms with Gasteiger partial charge in [0.25, 0.3) is 0 Å². The maximum Gasteiger partial charge on any atom is 0.326 e. The first kappa shape index (κ1) is 13.1. The zero-order valence-corrected chi connectivity index (χ0v) is 9.84. The second-order valence-corrected chi connectivity index (χ2v) is 3.66. The molecule has 1 rings (SSSR count). The number of carbonyl (C=O) groups excluding carboxylic acids is 1. The van der Waals surface area contributed by atoms with E-state index in [-0.39, 0.29) is 0 Å². The molecule has 1 aromatic rings. The van der Waals surface area contributed by atoms with Gasteiger partial charge in [-0.2, -0.15) is 0 Å². The summed E-state index contributed by atoms with van der Waals surface area (Å²) in [7, 11) is 1.47. The Hall–Kier alpha value is -1.98. The lowest BCUT2D eigenvalue weighted by atomic mass is 10.2. The SMILES string of the molecule is CCC(C(=O)O)N(C)C(=O)NCc1ccoc1. The third-order valence-electron chi connectivity index (χ3n) is 2.48. The molecular weight excluding hydrogens is 224 g/mol. The van der Waals surface area contributed by atoms with Gasteiger partial charge in [-0.1, -0.05) is 6.92 Å². The summed E-state index contributed by atoms with van der Waals surface area (Å²) < 4.78 is 4.86. The molecule has 0 fully saturated rings. The smallest absolute Gasteiger partial charge is 0.326 e. The summed E-state index contributed by atoms with van der Waals surface area (Å²) in [6.45, 7) is 2.04. The molecule has 0 spiro atoms. The van der Waals surface area contributed by atoms with Crippen molar-refractivity contribution in [3.63, 3.8) is 0 Å². The van der Waals surface area contributed by atoms with Crippen molar-refractivity contribution in [2.24, 2.45) is 0 Å². The van der Waals surface area contributed by atoms with Crippen molar-refractivity contribution in [3.8, 4) is 0 Å². The van der Waals surface area contributed by atoms with Crippen LogP contribution < -0.4 is 5.32 Å². The summed E-state index contributed by atoms with van der Waals surface area (Å²) in [4.78, 5) is 23.7. The lowest BCUT2D eigenvalue weighted by Crippen LogP contribution is -2.46. The third kappa shape index (κ3) is 3.51. The van der Waals surface area contributed by atoms with Crippen LogP contribution in [0.3, 0.4) is 0 Å². The highest BCUT2D eigenvalue weighted by molar-refractivity contribution is 5.82. The first-order valence-corrected chi connectivity index (χ1v) is 5.30. The van der Waals surface area contributed by atoms with Crippen molar-refractivity contribution in [1.29, 1.82) is 0 Å². The predicted octanol–water partition coefficient (Wildman–Crippen LogP) is 1.28. The number of rotatable bonds is 5. The quantitative estimate of drug-likeness (QED) is 0.812. The van der Waals surface area contributed by atoms with Gasteiger partial charge in [-0.05, 0) is 12.5 Å². The first-order chi connectivity index (χ1) is 8.06. The van der Waals surface area contributed by atoms with Crippen LogP contribution in [0.25, 0.3) is 0 Å². The second kappa shape index (κ2) is 5.93. The van der Waals surface area contributed by atoms with E-state index in [2.05, 4.69) is 5.32 Å². The topological polar surface area (TPSA) is 82.8 Å². The van der Waals surface area contributed by atoms with E-state index in [0.717, 1.165) is 5.56 Å². The van der Waals surface area contributed by atoms with Crippen molar-refractivity contribution in [2.45, 2.75) is 25.9 Å². The number of carboxylic acid groups (broad SMARTS) is 1. The van der Waals surface area contributed by atoms with Crippen molar-refractivity contribution >= 4 is 12.0 Å². The molecule has 2 amide bonds. The van der Waals surface area contributed by atoms with Crippen LogP contribution in [0.15, 0.2) is 23.0 Å². The zero-order chi connectivity index (χ0) is 12.8. The minimum Gasteiger partial charge on any atom is -0.480 e. The highest BCUT2D eigenvalue weighted by Crippen LogP contribution is 2.04. The van der Waals surface area contributed by atoms with Gasteiger partial charge in [0.2, 0.25) is 0 Å². The number of carboxylic acids is 1. The summed E-state index contributed by atoms with van der Waals surface area (Å²) in [5.41, 5.74) is 0.829. The van der Waals surface area contributed by atoms with Gasteiger partial charge in [-0.15, -0.1) is 0 Å². The van der Waals surface area contributed by atoms with E-state index < -0.39 is 18.0 Å². The Balaban J connectivity index is 2.49. The van der Waals surface area contributed by atoms with Crippen LogP contribution in [-0.2, 0) is 11.3 Å². The van der Waals surface area contributed by atoms with Gasteiger partial charge in [0.05, 0.1) is 12.5 Å². The van der Waals surface area contributed by atoms with Crippen LogP contribution in [0.1, 0.15) is 18.9 Å². The monoisotopic (exact) mass is 240 g/mol. The largest absolute Gasteiger partial charge is 0.480 e. The van der Waals surface area contributed by atoms with Crippen molar-refractivity contribution < 1.29 is 19.1 Å². The number of likely N-dealkylation sites (N-methyl/N-ethyl adjacent to an activating group) is 1. The average molecular weight is 240 g/mol. The summed E-state index contributed by atoms with van der Waals surface area (Å²) >= 11 is 0. The van der Waals surface area contributed by atoms with E-state index in [1.807, 2.05) is 0 Å². The van der Waals surface area contributed by atoms with E-state index in [1.165, 1.54) is 24.5 Å². The first-order valence-electron chi connectivity index (χ1n) is 5.30. The number of nitrogens with one attached hydrogen (secondary N) is 1. The van der Waals surface area contributed by atoms with Crippen molar-refractivity contribution in [3.05, 3.63) is 24.2 Å². The predicted molar refractivity (Wildman–Crippen MR) is 60.4 cm³/mol. The number of aliphatic carboxylic acids is 1. The number of carbonyl (C=O) groups is 2. The molecule has 0 bridgehead atoms. The van der Waals surface area contributed by atoms with Crippen molar-refractivity contribution in [1.82, 2.24) is 10.2 Å². The Morgan fingerprint density at radius 2 is 2.29 bits per heavy atom. The van der Waals surface area contributed by atoms with E-state index in [4.69, 9.17) is 9.52 Å². The second-order valence-electron chi connectivity index (χ2n) is 3.66. The highest BCUT2D eigenvalue weighted by Gasteiger charge is 2.24. The molecule has 0 radical (unpaired) electrons. The Morgan fingerprint density at radius 3 is 2.76 bits per heavy atom.